The molecule has 0 aromatic heterocycles. The molecule has 5 rings (SSSR count). The molecule has 176 valence electrons. The summed E-state index contributed by atoms with van der Waals surface area (Å²) >= 11 is 0. The molecular weight excluding hydrogens is 400 g/mol. The Morgan fingerprint density at radius 1 is 0.938 bits per heavy atom. The van der Waals surface area contributed by atoms with Crippen molar-refractivity contribution >= 4 is 5.97 Å². The van der Waals surface area contributed by atoms with Crippen LogP contribution in [0.1, 0.15) is 78.2 Å². The Morgan fingerprint density at radius 3 is 2.38 bits per heavy atom. The SMILES string of the molecule is COC(=O)[C@@]1(C)CCC[C@]2(C)[C@H]3CC[C@]4(C)Oc5ccc(OC)cc5C[C@H]4[C@]3(C)CC[C@H]21. The molecule has 7 atom stereocenters. The van der Waals surface area contributed by atoms with Crippen LogP contribution in [0.3, 0.4) is 0 Å². The van der Waals surface area contributed by atoms with Gasteiger partial charge in [0, 0.05) is 5.92 Å². The van der Waals surface area contributed by atoms with Crippen molar-refractivity contribution in [1.29, 1.82) is 0 Å². The van der Waals surface area contributed by atoms with Gasteiger partial charge in [0.15, 0.2) is 0 Å². The van der Waals surface area contributed by atoms with Crippen LogP contribution in [-0.2, 0) is 16.0 Å². The zero-order chi connectivity index (χ0) is 22.9. The molecule has 32 heavy (non-hydrogen) atoms. The van der Waals surface area contributed by atoms with Crippen LogP contribution < -0.4 is 9.47 Å². The minimum absolute atomic E-state index is 0.000280. The van der Waals surface area contributed by atoms with Gasteiger partial charge in [-0.05, 0) is 105 Å². The Labute approximate surface area is 193 Å². The smallest absolute Gasteiger partial charge is 0.311 e. The molecule has 0 unspecified atom stereocenters. The van der Waals surface area contributed by atoms with E-state index in [9.17, 15) is 4.79 Å². The summed E-state index contributed by atoms with van der Waals surface area (Å²) in [5.41, 5.74) is 1.17. The van der Waals surface area contributed by atoms with Crippen LogP contribution in [0.5, 0.6) is 11.5 Å². The number of methoxy groups -OCH3 is 2. The van der Waals surface area contributed by atoms with Crippen LogP contribution >= 0.6 is 0 Å². The summed E-state index contributed by atoms with van der Waals surface area (Å²) in [4.78, 5) is 12.9. The second-order valence-corrected chi connectivity index (χ2v) is 12.1. The summed E-state index contributed by atoms with van der Waals surface area (Å²) < 4.78 is 17.6. The highest BCUT2D eigenvalue weighted by Gasteiger charge is 2.67. The fourth-order valence-corrected chi connectivity index (χ4v) is 9.20. The molecule has 3 aliphatic carbocycles. The minimum Gasteiger partial charge on any atom is -0.497 e. The van der Waals surface area contributed by atoms with E-state index in [4.69, 9.17) is 14.2 Å². The average Bonchev–Trinajstić information content (AvgIpc) is 2.76. The van der Waals surface area contributed by atoms with E-state index in [-0.39, 0.29) is 27.8 Å². The summed E-state index contributed by atoms with van der Waals surface area (Å²) in [6, 6.07) is 6.27. The molecule has 1 aromatic carbocycles. The largest absolute Gasteiger partial charge is 0.497 e. The Kier molecular flexibility index (Phi) is 4.93. The quantitative estimate of drug-likeness (QED) is 0.514. The predicted octanol–water partition coefficient (Wildman–Crippen LogP) is 6.20. The first-order chi connectivity index (χ1) is 15.1. The van der Waals surface area contributed by atoms with Gasteiger partial charge < -0.3 is 14.2 Å². The second-order valence-electron chi connectivity index (χ2n) is 12.1. The molecule has 0 amide bonds. The number of ether oxygens (including phenoxy) is 3. The Balaban J connectivity index is 1.53. The third-order valence-corrected chi connectivity index (χ3v) is 10.7. The monoisotopic (exact) mass is 440 g/mol. The first-order valence-electron chi connectivity index (χ1n) is 12.5. The minimum atomic E-state index is -0.354. The van der Waals surface area contributed by atoms with Gasteiger partial charge in [0.2, 0.25) is 0 Å². The average molecular weight is 441 g/mol. The fraction of sp³-hybridized carbons (Fsp3) is 0.750. The lowest BCUT2D eigenvalue weighted by atomic mass is 9.37. The Bertz CT molecular complexity index is 926. The highest BCUT2D eigenvalue weighted by atomic mass is 16.5. The number of fused-ring (bicyclic) bond motifs is 6. The number of benzene rings is 1. The van der Waals surface area contributed by atoms with Crippen molar-refractivity contribution in [2.24, 2.45) is 34.0 Å². The van der Waals surface area contributed by atoms with Gasteiger partial charge in [-0.1, -0.05) is 20.3 Å². The fourth-order valence-electron chi connectivity index (χ4n) is 9.20. The number of hydrogen-bond acceptors (Lipinski definition) is 4. The van der Waals surface area contributed by atoms with Crippen molar-refractivity contribution in [2.75, 3.05) is 14.2 Å². The van der Waals surface area contributed by atoms with Crippen molar-refractivity contribution in [2.45, 2.75) is 84.7 Å². The van der Waals surface area contributed by atoms with E-state index in [1.165, 1.54) is 18.4 Å². The highest BCUT2D eigenvalue weighted by Crippen LogP contribution is 2.71. The Morgan fingerprint density at radius 2 is 1.66 bits per heavy atom. The van der Waals surface area contributed by atoms with E-state index in [0.29, 0.717) is 17.8 Å². The van der Waals surface area contributed by atoms with Crippen LogP contribution in [0.15, 0.2) is 18.2 Å². The van der Waals surface area contributed by atoms with Gasteiger partial charge in [0.05, 0.1) is 19.6 Å². The number of rotatable bonds is 2. The molecular formula is C28H40O4. The summed E-state index contributed by atoms with van der Waals surface area (Å²) in [5.74, 6) is 3.41. The molecule has 4 nitrogen and oxygen atoms in total. The molecule has 0 spiro atoms. The summed E-state index contributed by atoms with van der Waals surface area (Å²) in [7, 11) is 3.29. The molecule has 1 heterocycles. The van der Waals surface area contributed by atoms with Gasteiger partial charge in [-0.15, -0.1) is 0 Å². The number of carbonyl (C=O) groups is 1. The molecule has 0 radical (unpaired) electrons. The lowest BCUT2D eigenvalue weighted by molar-refractivity contribution is -0.215. The molecule has 0 N–H and O–H groups in total. The van der Waals surface area contributed by atoms with Crippen LogP contribution in [0.25, 0.3) is 0 Å². The van der Waals surface area contributed by atoms with Gasteiger partial charge in [0.25, 0.3) is 0 Å². The molecule has 4 aliphatic rings. The first kappa shape index (κ1) is 22.1. The van der Waals surface area contributed by atoms with E-state index in [1.54, 1.807) is 14.2 Å². The van der Waals surface area contributed by atoms with Crippen LogP contribution in [0.4, 0.5) is 0 Å². The van der Waals surface area contributed by atoms with Gasteiger partial charge >= 0.3 is 5.97 Å². The standard InChI is InChI=1S/C28H40O4/c1-25-12-7-13-27(3,24(29)31-6)22(25)10-14-26(2)21(25)11-15-28(4)23(26)17-18-16-19(30-5)8-9-20(18)32-28/h8-9,16,21-23H,7,10-15,17H2,1-6H3/t21-,22-,23+,25-,26-,27+,28+/m1/s1. The molecule has 4 heteroatoms. The predicted molar refractivity (Wildman–Crippen MR) is 125 cm³/mol. The van der Waals surface area contributed by atoms with E-state index in [2.05, 4.69) is 39.8 Å². The number of esters is 1. The van der Waals surface area contributed by atoms with Crippen molar-refractivity contribution in [3.8, 4) is 11.5 Å². The molecule has 0 bridgehead atoms. The van der Waals surface area contributed by atoms with Crippen LogP contribution in [0, 0.1) is 34.0 Å². The van der Waals surface area contributed by atoms with Crippen LogP contribution in [0.2, 0.25) is 0 Å². The van der Waals surface area contributed by atoms with Gasteiger partial charge in [-0.2, -0.15) is 0 Å². The maximum absolute atomic E-state index is 12.9. The normalized spacial score (nSPS) is 44.8. The van der Waals surface area contributed by atoms with E-state index < -0.39 is 0 Å². The maximum Gasteiger partial charge on any atom is 0.311 e. The van der Waals surface area contributed by atoms with E-state index in [1.807, 2.05) is 6.07 Å². The van der Waals surface area contributed by atoms with Crippen LogP contribution in [-0.4, -0.2) is 25.8 Å². The molecule has 0 saturated heterocycles. The lowest BCUT2D eigenvalue weighted by Gasteiger charge is -2.68. The lowest BCUT2D eigenvalue weighted by Crippen LogP contribution is -2.65. The van der Waals surface area contributed by atoms with Crippen molar-refractivity contribution in [3.05, 3.63) is 23.8 Å². The van der Waals surface area contributed by atoms with Gasteiger partial charge in [-0.25, -0.2) is 0 Å². The molecule has 3 fully saturated rings. The summed E-state index contributed by atoms with van der Waals surface area (Å²) in [6.07, 6.45) is 8.87. The second kappa shape index (κ2) is 7.14. The molecule has 3 saturated carbocycles. The van der Waals surface area contributed by atoms with Gasteiger partial charge in [-0.3, -0.25) is 4.79 Å². The maximum atomic E-state index is 12.9. The summed E-state index contributed by atoms with van der Waals surface area (Å²) in [5, 5.41) is 0. The summed E-state index contributed by atoms with van der Waals surface area (Å²) in [6.45, 7) is 9.58. The van der Waals surface area contributed by atoms with Crippen molar-refractivity contribution in [3.63, 3.8) is 0 Å². The number of carbonyl (C=O) groups excluding carboxylic acids is 1. The zero-order valence-electron chi connectivity index (χ0n) is 20.8. The van der Waals surface area contributed by atoms with Crippen molar-refractivity contribution < 1.29 is 19.0 Å². The molecule has 1 aliphatic heterocycles. The Hall–Kier alpha value is -1.71. The van der Waals surface area contributed by atoms with Crippen molar-refractivity contribution in [1.82, 2.24) is 0 Å². The van der Waals surface area contributed by atoms with E-state index in [0.717, 1.165) is 50.0 Å². The van der Waals surface area contributed by atoms with Gasteiger partial charge in [0.1, 0.15) is 17.1 Å². The highest BCUT2D eigenvalue weighted by molar-refractivity contribution is 5.77. The number of hydrogen-bond donors (Lipinski definition) is 0. The third-order valence-electron chi connectivity index (χ3n) is 10.7. The topological polar surface area (TPSA) is 44.8 Å². The van der Waals surface area contributed by atoms with E-state index >= 15 is 0 Å². The first-order valence-corrected chi connectivity index (χ1v) is 12.5. The molecule has 1 aromatic rings. The zero-order valence-corrected chi connectivity index (χ0v) is 20.8. The third kappa shape index (κ3) is 2.83.